The van der Waals surface area contributed by atoms with Crippen molar-refractivity contribution >= 4 is 27.4 Å². The van der Waals surface area contributed by atoms with E-state index in [0.29, 0.717) is 24.5 Å². The molecular weight excluding hydrogens is 364 g/mol. The molecule has 27 heavy (non-hydrogen) atoms. The van der Waals surface area contributed by atoms with Gasteiger partial charge in [-0.15, -0.1) is 0 Å². The molecule has 1 amide bonds. The van der Waals surface area contributed by atoms with E-state index in [1.165, 1.54) is 12.4 Å². The highest BCUT2D eigenvalue weighted by Gasteiger charge is 2.32. The third-order valence-electron chi connectivity index (χ3n) is 4.63. The van der Waals surface area contributed by atoms with Gasteiger partial charge in [0.15, 0.2) is 9.84 Å². The number of hydrogen-bond donors (Lipinski definition) is 1. The molecule has 3 rings (SSSR count). The fourth-order valence-corrected chi connectivity index (χ4v) is 5.15. The molecule has 1 aromatic heterocycles. The standard InChI is InChI=1S/C19H24N4O3S/c1-4-23(17-5-6-27(25,26)12-17)19-20-10-15(11-21-19)18(24)22-16-8-13(2)7-14(3)9-16/h7-11,17H,4-6,12H2,1-3H3,(H,22,24). The summed E-state index contributed by atoms with van der Waals surface area (Å²) >= 11 is 0. The number of carbonyl (C=O) groups excluding carboxylic acids is 1. The molecule has 1 saturated heterocycles. The summed E-state index contributed by atoms with van der Waals surface area (Å²) in [4.78, 5) is 22.9. The van der Waals surface area contributed by atoms with Gasteiger partial charge in [0, 0.05) is 30.7 Å². The number of nitrogens with one attached hydrogen (secondary N) is 1. The molecule has 1 aliphatic heterocycles. The Morgan fingerprint density at radius 3 is 2.33 bits per heavy atom. The monoisotopic (exact) mass is 388 g/mol. The van der Waals surface area contributed by atoms with E-state index in [9.17, 15) is 13.2 Å². The SMILES string of the molecule is CCN(c1ncc(C(=O)Nc2cc(C)cc(C)c2)cn1)C1CCS(=O)(=O)C1. The Bertz CT molecular complexity index is 922. The third-order valence-corrected chi connectivity index (χ3v) is 6.38. The zero-order valence-electron chi connectivity index (χ0n) is 15.8. The first-order valence-corrected chi connectivity index (χ1v) is 10.8. The van der Waals surface area contributed by atoms with E-state index in [1.807, 2.05) is 43.9 Å². The summed E-state index contributed by atoms with van der Waals surface area (Å²) in [6, 6.07) is 5.73. The van der Waals surface area contributed by atoms with Crippen LogP contribution in [0.4, 0.5) is 11.6 Å². The van der Waals surface area contributed by atoms with E-state index in [0.717, 1.165) is 16.8 Å². The largest absolute Gasteiger partial charge is 0.337 e. The van der Waals surface area contributed by atoms with Gasteiger partial charge in [0.25, 0.3) is 5.91 Å². The Labute approximate surface area is 159 Å². The number of aromatic nitrogens is 2. The van der Waals surface area contributed by atoms with E-state index in [1.54, 1.807) is 0 Å². The Kier molecular flexibility index (Phi) is 5.46. The predicted molar refractivity (Wildman–Crippen MR) is 106 cm³/mol. The van der Waals surface area contributed by atoms with Gasteiger partial charge in [-0.05, 0) is 50.5 Å². The van der Waals surface area contributed by atoms with Gasteiger partial charge in [-0.1, -0.05) is 6.07 Å². The lowest BCUT2D eigenvalue weighted by Crippen LogP contribution is -2.37. The highest BCUT2D eigenvalue weighted by Crippen LogP contribution is 2.21. The number of sulfone groups is 1. The van der Waals surface area contributed by atoms with Gasteiger partial charge in [-0.2, -0.15) is 0 Å². The maximum Gasteiger partial charge on any atom is 0.258 e. The first kappa shape index (κ1) is 19.3. The Hall–Kier alpha value is -2.48. The van der Waals surface area contributed by atoms with Gasteiger partial charge in [0.2, 0.25) is 5.95 Å². The highest BCUT2D eigenvalue weighted by molar-refractivity contribution is 7.91. The zero-order chi connectivity index (χ0) is 19.6. The number of carbonyl (C=O) groups is 1. The number of nitrogens with zero attached hydrogens (tertiary/aromatic N) is 3. The Morgan fingerprint density at radius 2 is 1.81 bits per heavy atom. The van der Waals surface area contributed by atoms with Crippen LogP contribution in [0, 0.1) is 13.8 Å². The molecule has 2 aromatic rings. The van der Waals surface area contributed by atoms with E-state index in [2.05, 4.69) is 15.3 Å². The average molecular weight is 388 g/mol. The van der Waals surface area contributed by atoms with Crippen molar-refractivity contribution in [1.82, 2.24) is 9.97 Å². The normalized spacial score (nSPS) is 18.3. The van der Waals surface area contributed by atoms with Crippen molar-refractivity contribution in [2.75, 3.05) is 28.3 Å². The van der Waals surface area contributed by atoms with Gasteiger partial charge in [-0.3, -0.25) is 4.79 Å². The van der Waals surface area contributed by atoms with Crippen molar-refractivity contribution in [2.24, 2.45) is 0 Å². The number of aryl methyl sites for hydroxylation is 2. The van der Waals surface area contributed by atoms with Crippen LogP contribution in [0.15, 0.2) is 30.6 Å². The number of anilines is 2. The molecule has 1 aromatic carbocycles. The van der Waals surface area contributed by atoms with Crippen LogP contribution in [0.2, 0.25) is 0 Å². The molecule has 1 N–H and O–H groups in total. The molecule has 1 aliphatic rings. The van der Waals surface area contributed by atoms with Crippen LogP contribution < -0.4 is 10.2 Å². The number of amides is 1. The number of hydrogen-bond acceptors (Lipinski definition) is 6. The molecule has 1 fully saturated rings. The Morgan fingerprint density at radius 1 is 1.19 bits per heavy atom. The molecule has 2 heterocycles. The van der Waals surface area contributed by atoms with Gasteiger partial charge in [-0.25, -0.2) is 18.4 Å². The topological polar surface area (TPSA) is 92.3 Å². The van der Waals surface area contributed by atoms with E-state index >= 15 is 0 Å². The maximum absolute atomic E-state index is 12.4. The summed E-state index contributed by atoms with van der Waals surface area (Å²) < 4.78 is 23.5. The van der Waals surface area contributed by atoms with Crippen molar-refractivity contribution in [3.63, 3.8) is 0 Å². The summed E-state index contributed by atoms with van der Waals surface area (Å²) in [6.45, 7) is 6.50. The van der Waals surface area contributed by atoms with E-state index in [-0.39, 0.29) is 23.5 Å². The zero-order valence-corrected chi connectivity index (χ0v) is 16.6. The van der Waals surface area contributed by atoms with Crippen LogP contribution in [-0.2, 0) is 9.84 Å². The molecule has 0 spiro atoms. The lowest BCUT2D eigenvalue weighted by molar-refractivity contribution is 0.102. The molecule has 0 bridgehead atoms. The Balaban J connectivity index is 1.73. The van der Waals surface area contributed by atoms with Crippen LogP contribution in [0.1, 0.15) is 34.8 Å². The van der Waals surface area contributed by atoms with Crippen LogP contribution >= 0.6 is 0 Å². The molecule has 144 valence electrons. The third kappa shape index (κ3) is 4.63. The summed E-state index contributed by atoms with van der Waals surface area (Å²) in [7, 11) is -2.98. The van der Waals surface area contributed by atoms with Crippen molar-refractivity contribution in [3.8, 4) is 0 Å². The van der Waals surface area contributed by atoms with Crippen molar-refractivity contribution in [3.05, 3.63) is 47.3 Å². The summed E-state index contributed by atoms with van der Waals surface area (Å²) in [5.41, 5.74) is 3.23. The summed E-state index contributed by atoms with van der Waals surface area (Å²) in [6.07, 6.45) is 3.54. The fraction of sp³-hybridized carbons (Fsp3) is 0.421. The summed E-state index contributed by atoms with van der Waals surface area (Å²) in [5.74, 6) is 0.490. The minimum atomic E-state index is -2.98. The van der Waals surface area contributed by atoms with E-state index < -0.39 is 9.84 Å². The average Bonchev–Trinajstić information content (AvgIpc) is 2.95. The van der Waals surface area contributed by atoms with E-state index in [4.69, 9.17) is 0 Å². The van der Waals surface area contributed by atoms with Gasteiger partial charge in [0.05, 0.1) is 17.1 Å². The number of benzene rings is 1. The second kappa shape index (κ2) is 7.64. The quantitative estimate of drug-likeness (QED) is 0.845. The van der Waals surface area contributed by atoms with Gasteiger partial charge >= 0.3 is 0 Å². The molecule has 8 heteroatoms. The fourth-order valence-electron chi connectivity index (χ4n) is 3.42. The molecule has 0 saturated carbocycles. The first-order chi connectivity index (χ1) is 12.8. The molecule has 1 atom stereocenters. The summed E-state index contributed by atoms with van der Waals surface area (Å²) in [5, 5.41) is 2.86. The van der Waals surface area contributed by atoms with Crippen LogP contribution in [0.3, 0.4) is 0 Å². The van der Waals surface area contributed by atoms with Crippen LogP contribution in [0.5, 0.6) is 0 Å². The maximum atomic E-state index is 12.4. The molecule has 0 radical (unpaired) electrons. The molecule has 0 aliphatic carbocycles. The minimum Gasteiger partial charge on any atom is -0.337 e. The van der Waals surface area contributed by atoms with Crippen molar-refractivity contribution in [2.45, 2.75) is 33.2 Å². The second-order valence-electron chi connectivity index (χ2n) is 6.95. The van der Waals surface area contributed by atoms with Gasteiger partial charge < -0.3 is 10.2 Å². The van der Waals surface area contributed by atoms with Crippen molar-refractivity contribution in [1.29, 1.82) is 0 Å². The highest BCUT2D eigenvalue weighted by atomic mass is 32.2. The number of rotatable bonds is 5. The first-order valence-electron chi connectivity index (χ1n) is 8.96. The van der Waals surface area contributed by atoms with Crippen LogP contribution in [0.25, 0.3) is 0 Å². The lowest BCUT2D eigenvalue weighted by atomic mass is 10.1. The minimum absolute atomic E-state index is 0.116. The molecule has 7 nitrogen and oxygen atoms in total. The molecule has 1 unspecified atom stereocenters. The smallest absolute Gasteiger partial charge is 0.258 e. The van der Waals surface area contributed by atoms with Crippen LogP contribution in [-0.4, -0.2) is 48.4 Å². The van der Waals surface area contributed by atoms with Gasteiger partial charge in [0.1, 0.15) is 0 Å². The second-order valence-corrected chi connectivity index (χ2v) is 9.17. The predicted octanol–water partition coefficient (Wildman–Crippen LogP) is 2.36. The molecular formula is C19H24N4O3S. The lowest BCUT2D eigenvalue weighted by Gasteiger charge is -2.26. The van der Waals surface area contributed by atoms with Crippen molar-refractivity contribution < 1.29 is 13.2 Å².